The van der Waals surface area contributed by atoms with Gasteiger partial charge in [-0.25, -0.2) is 0 Å². The molecule has 0 spiro atoms. The fraction of sp³-hybridized carbons (Fsp3) is 0.250. The molecule has 1 nitrogen and oxygen atoms in total. The minimum atomic E-state index is 0.546. The van der Waals surface area contributed by atoms with Crippen LogP contribution in [0.4, 0.5) is 5.69 Å². The first-order valence-corrected chi connectivity index (χ1v) is 6.30. The number of anilines is 1. The number of rotatable bonds is 0. The SMILES string of the molecule is CC1c2ccccc2[C@@H]2c3ccccc3N[C@H]12. The summed E-state index contributed by atoms with van der Waals surface area (Å²) in [7, 11) is 0. The summed E-state index contributed by atoms with van der Waals surface area (Å²) in [6, 6.07) is 18.2. The van der Waals surface area contributed by atoms with Gasteiger partial charge in [0.1, 0.15) is 0 Å². The van der Waals surface area contributed by atoms with Crippen molar-refractivity contribution >= 4 is 5.69 Å². The molecule has 84 valence electrons. The third-order valence-electron chi connectivity index (χ3n) is 4.34. The molecule has 0 aromatic heterocycles. The fourth-order valence-corrected chi connectivity index (χ4v) is 3.53. The van der Waals surface area contributed by atoms with Crippen molar-refractivity contribution in [3.8, 4) is 0 Å². The van der Waals surface area contributed by atoms with Gasteiger partial charge in [0.2, 0.25) is 0 Å². The van der Waals surface area contributed by atoms with Crippen LogP contribution < -0.4 is 5.32 Å². The molecule has 0 saturated carbocycles. The molecule has 2 aromatic rings. The Morgan fingerprint density at radius 1 is 0.824 bits per heavy atom. The molecule has 0 radical (unpaired) electrons. The fourth-order valence-electron chi connectivity index (χ4n) is 3.53. The molecule has 17 heavy (non-hydrogen) atoms. The number of fused-ring (bicyclic) bond motifs is 5. The average molecular weight is 221 g/mol. The summed E-state index contributed by atoms with van der Waals surface area (Å²) in [6.07, 6.45) is 0. The lowest BCUT2D eigenvalue weighted by atomic mass is 9.92. The molecule has 1 heterocycles. The summed E-state index contributed by atoms with van der Waals surface area (Å²) < 4.78 is 0. The lowest BCUT2D eigenvalue weighted by Gasteiger charge is -2.15. The first-order valence-electron chi connectivity index (χ1n) is 6.30. The first-order chi connectivity index (χ1) is 8.36. The minimum absolute atomic E-state index is 0.546. The van der Waals surface area contributed by atoms with Crippen LogP contribution in [0.1, 0.15) is 35.4 Å². The van der Waals surface area contributed by atoms with Crippen LogP contribution in [0, 0.1) is 0 Å². The summed E-state index contributed by atoms with van der Waals surface area (Å²) in [6.45, 7) is 2.34. The number of hydrogen-bond donors (Lipinski definition) is 1. The largest absolute Gasteiger partial charge is 0.381 e. The number of benzene rings is 2. The Bertz CT molecular complexity index is 588. The van der Waals surface area contributed by atoms with Crippen molar-refractivity contribution in [3.63, 3.8) is 0 Å². The summed E-state index contributed by atoms with van der Waals surface area (Å²) in [5.41, 5.74) is 5.82. The Balaban J connectivity index is 1.95. The molecule has 1 aliphatic carbocycles. The van der Waals surface area contributed by atoms with E-state index in [4.69, 9.17) is 0 Å². The van der Waals surface area contributed by atoms with Gasteiger partial charge in [-0.1, -0.05) is 49.4 Å². The van der Waals surface area contributed by atoms with Crippen molar-refractivity contribution < 1.29 is 0 Å². The topological polar surface area (TPSA) is 12.0 Å². The van der Waals surface area contributed by atoms with Crippen molar-refractivity contribution in [2.75, 3.05) is 5.32 Å². The maximum absolute atomic E-state index is 3.69. The van der Waals surface area contributed by atoms with E-state index in [2.05, 4.69) is 60.8 Å². The molecule has 3 atom stereocenters. The third kappa shape index (κ3) is 1.09. The van der Waals surface area contributed by atoms with Crippen LogP contribution in [0.2, 0.25) is 0 Å². The van der Waals surface area contributed by atoms with Crippen LogP contribution >= 0.6 is 0 Å². The second kappa shape index (κ2) is 3.13. The van der Waals surface area contributed by atoms with Gasteiger partial charge in [-0.05, 0) is 22.8 Å². The zero-order valence-electron chi connectivity index (χ0n) is 9.85. The van der Waals surface area contributed by atoms with Gasteiger partial charge in [0, 0.05) is 23.6 Å². The van der Waals surface area contributed by atoms with E-state index in [0.717, 1.165) is 0 Å². The van der Waals surface area contributed by atoms with E-state index in [9.17, 15) is 0 Å². The molecule has 1 N–H and O–H groups in total. The zero-order chi connectivity index (χ0) is 11.4. The highest BCUT2D eigenvalue weighted by atomic mass is 15.0. The second-order valence-electron chi connectivity index (χ2n) is 5.15. The lowest BCUT2D eigenvalue weighted by Crippen LogP contribution is -2.20. The van der Waals surface area contributed by atoms with Crippen LogP contribution in [-0.4, -0.2) is 6.04 Å². The van der Waals surface area contributed by atoms with Crippen molar-refractivity contribution in [2.24, 2.45) is 0 Å². The van der Waals surface area contributed by atoms with Gasteiger partial charge in [0.15, 0.2) is 0 Å². The Morgan fingerprint density at radius 3 is 2.29 bits per heavy atom. The number of nitrogens with one attached hydrogen (secondary N) is 1. The maximum Gasteiger partial charge on any atom is 0.0437 e. The van der Waals surface area contributed by atoms with Gasteiger partial charge in [0.05, 0.1) is 0 Å². The zero-order valence-corrected chi connectivity index (χ0v) is 9.85. The van der Waals surface area contributed by atoms with E-state index in [0.29, 0.717) is 17.9 Å². The molecule has 4 rings (SSSR count). The molecule has 0 bridgehead atoms. The molecular weight excluding hydrogens is 206 g/mol. The van der Waals surface area contributed by atoms with Crippen molar-refractivity contribution in [1.82, 2.24) is 0 Å². The molecule has 1 unspecified atom stereocenters. The molecule has 2 aromatic carbocycles. The summed E-state index contributed by atoms with van der Waals surface area (Å²) in [5.74, 6) is 1.15. The van der Waals surface area contributed by atoms with E-state index in [1.165, 1.54) is 22.4 Å². The highest BCUT2D eigenvalue weighted by Crippen LogP contribution is 2.51. The lowest BCUT2D eigenvalue weighted by molar-refractivity contribution is 0.629. The maximum atomic E-state index is 3.69. The normalized spacial score (nSPS) is 28.2. The van der Waals surface area contributed by atoms with Crippen molar-refractivity contribution in [1.29, 1.82) is 0 Å². The Kier molecular flexibility index (Phi) is 1.71. The Labute approximate surface area is 101 Å². The molecule has 0 saturated heterocycles. The van der Waals surface area contributed by atoms with E-state index >= 15 is 0 Å². The van der Waals surface area contributed by atoms with Crippen LogP contribution in [-0.2, 0) is 0 Å². The monoisotopic (exact) mass is 221 g/mol. The van der Waals surface area contributed by atoms with Gasteiger partial charge in [-0.15, -0.1) is 0 Å². The van der Waals surface area contributed by atoms with Crippen LogP contribution in [0.25, 0.3) is 0 Å². The smallest absolute Gasteiger partial charge is 0.0437 e. The quantitative estimate of drug-likeness (QED) is 0.714. The first kappa shape index (κ1) is 9.29. The highest BCUT2D eigenvalue weighted by molar-refractivity contribution is 5.66. The molecule has 0 amide bonds. The molecule has 1 heteroatoms. The van der Waals surface area contributed by atoms with E-state index < -0.39 is 0 Å². The van der Waals surface area contributed by atoms with E-state index in [1.807, 2.05) is 0 Å². The predicted octanol–water partition coefficient (Wildman–Crippen LogP) is 3.73. The molecule has 1 aliphatic heterocycles. The third-order valence-corrected chi connectivity index (χ3v) is 4.34. The standard InChI is InChI=1S/C16H15N/c1-10-11-6-2-3-7-12(11)15-13-8-4-5-9-14(13)17-16(10)15/h2-10,15-17H,1H3/t10?,15-,16-/m1/s1. The van der Waals surface area contributed by atoms with Crippen LogP contribution in [0.3, 0.4) is 0 Å². The summed E-state index contributed by atoms with van der Waals surface area (Å²) in [5, 5.41) is 3.69. The second-order valence-corrected chi connectivity index (χ2v) is 5.15. The van der Waals surface area contributed by atoms with E-state index in [1.54, 1.807) is 0 Å². The summed E-state index contributed by atoms with van der Waals surface area (Å²) in [4.78, 5) is 0. The summed E-state index contributed by atoms with van der Waals surface area (Å²) >= 11 is 0. The van der Waals surface area contributed by atoms with Crippen LogP contribution in [0.5, 0.6) is 0 Å². The van der Waals surface area contributed by atoms with Gasteiger partial charge in [-0.3, -0.25) is 0 Å². The molecular formula is C16H15N. The number of hydrogen-bond acceptors (Lipinski definition) is 1. The highest BCUT2D eigenvalue weighted by Gasteiger charge is 2.43. The van der Waals surface area contributed by atoms with Gasteiger partial charge in [0.25, 0.3) is 0 Å². The van der Waals surface area contributed by atoms with Crippen molar-refractivity contribution in [2.45, 2.75) is 24.8 Å². The number of para-hydroxylation sites is 1. The molecule has 2 aliphatic rings. The Hall–Kier alpha value is -1.76. The van der Waals surface area contributed by atoms with E-state index in [-0.39, 0.29) is 0 Å². The van der Waals surface area contributed by atoms with Gasteiger partial charge < -0.3 is 5.32 Å². The van der Waals surface area contributed by atoms with Crippen molar-refractivity contribution in [3.05, 3.63) is 65.2 Å². The van der Waals surface area contributed by atoms with Gasteiger partial charge in [-0.2, -0.15) is 0 Å². The minimum Gasteiger partial charge on any atom is -0.381 e. The van der Waals surface area contributed by atoms with Gasteiger partial charge >= 0.3 is 0 Å². The average Bonchev–Trinajstić information content (AvgIpc) is 2.88. The van der Waals surface area contributed by atoms with Crippen LogP contribution in [0.15, 0.2) is 48.5 Å². The Morgan fingerprint density at radius 2 is 1.47 bits per heavy atom. The predicted molar refractivity (Wildman–Crippen MR) is 70.6 cm³/mol. The molecule has 0 fully saturated rings.